The van der Waals surface area contributed by atoms with E-state index in [1.54, 1.807) is 0 Å². The molecule has 13 heavy (non-hydrogen) atoms. The minimum absolute atomic E-state index is 0.699. The van der Waals surface area contributed by atoms with Gasteiger partial charge in [-0.3, -0.25) is 14.4 Å². The van der Waals surface area contributed by atoms with Crippen molar-refractivity contribution in [2.24, 2.45) is 11.7 Å². The van der Waals surface area contributed by atoms with Crippen LogP contribution in [0.3, 0.4) is 0 Å². The number of hydrogen-bond donors (Lipinski definition) is 2. The topological polar surface area (TPSA) is 107 Å². The first-order valence-corrected chi connectivity index (χ1v) is 3.76. The summed E-state index contributed by atoms with van der Waals surface area (Å²) in [6.07, 6.45) is -2.20. The molecule has 6 heteroatoms. The van der Waals surface area contributed by atoms with Crippen molar-refractivity contribution in [3.63, 3.8) is 0 Å². The molecule has 0 aliphatic carbocycles. The third-order valence-corrected chi connectivity index (χ3v) is 2.43. The van der Waals surface area contributed by atoms with E-state index in [9.17, 15) is 14.4 Å². The van der Waals surface area contributed by atoms with Gasteiger partial charge in [0.15, 0.2) is 0 Å². The predicted molar refractivity (Wildman–Crippen MR) is 37.8 cm³/mol. The molecule has 4 unspecified atom stereocenters. The summed E-state index contributed by atoms with van der Waals surface area (Å²) >= 11 is 0. The van der Waals surface area contributed by atoms with Crippen LogP contribution in [0, 0.1) is 5.92 Å². The number of carboxylic acid groups (broad SMARTS) is 1. The molecule has 0 radical (unpaired) electrons. The standard InChI is InChI=1S/C7H7NO5/c8-2-1(7(11)12)5-3(9)4(10)6(2)13-5/h1-2,5-6H,8H2,(H,11,12). The van der Waals surface area contributed by atoms with Gasteiger partial charge in [0.2, 0.25) is 11.6 Å². The molecule has 0 aromatic carbocycles. The lowest BCUT2D eigenvalue weighted by atomic mass is 9.83. The van der Waals surface area contributed by atoms with Crippen molar-refractivity contribution in [2.45, 2.75) is 18.2 Å². The van der Waals surface area contributed by atoms with Crippen LogP contribution in [0.25, 0.3) is 0 Å². The van der Waals surface area contributed by atoms with Crippen LogP contribution >= 0.6 is 0 Å². The Morgan fingerprint density at radius 2 is 1.85 bits per heavy atom. The first-order valence-electron chi connectivity index (χ1n) is 3.76. The van der Waals surface area contributed by atoms with Crippen molar-refractivity contribution in [3.05, 3.63) is 0 Å². The number of nitrogens with two attached hydrogens (primary N) is 1. The monoisotopic (exact) mass is 185 g/mol. The van der Waals surface area contributed by atoms with E-state index in [4.69, 9.17) is 15.6 Å². The molecule has 2 saturated heterocycles. The maximum atomic E-state index is 11.0. The summed E-state index contributed by atoms with van der Waals surface area (Å²) in [4.78, 5) is 32.7. The van der Waals surface area contributed by atoms with E-state index >= 15 is 0 Å². The number of carbonyl (C=O) groups is 3. The van der Waals surface area contributed by atoms with Crippen LogP contribution < -0.4 is 5.73 Å². The molecule has 2 heterocycles. The average Bonchev–Trinajstić information content (AvgIpc) is 2.50. The minimum atomic E-state index is -1.19. The maximum Gasteiger partial charge on any atom is 0.311 e. The molecule has 2 aliphatic rings. The fourth-order valence-corrected chi connectivity index (χ4v) is 1.76. The molecule has 0 amide bonds. The zero-order valence-corrected chi connectivity index (χ0v) is 6.47. The Labute approximate surface area is 72.6 Å². The SMILES string of the molecule is NC1C2OC(C(=O)C2=O)C1C(=O)O. The lowest BCUT2D eigenvalue weighted by Crippen LogP contribution is -2.51. The summed E-state index contributed by atoms with van der Waals surface area (Å²) in [6.45, 7) is 0. The molecule has 0 aromatic heterocycles. The molecule has 3 N–H and O–H groups in total. The minimum Gasteiger partial charge on any atom is -0.481 e. The number of ether oxygens (including phenoxy) is 1. The van der Waals surface area contributed by atoms with Gasteiger partial charge in [0, 0.05) is 0 Å². The van der Waals surface area contributed by atoms with Crippen LogP contribution in [0.1, 0.15) is 0 Å². The number of Topliss-reactive ketones (excluding diaryl/α,β-unsaturated/α-hetero) is 2. The quantitative estimate of drug-likeness (QED) is 0.454. The van der Waals surface area contributed by atoms with Crippen LogP contribution in [-0.4, -0.2) is 40.9 Å². The van der Waals surface area contributed by atoms with E-state index in [-0.39, 0.29) is 0 Å². The largest absolute Gasteiger partial charge is 0.481 e. The van der Waals surface area contributed by atoms with E-state index in [0.29, 0.717) is 0 Å². The Morgan fingerprint density at radius 3 is 2.31 bits per heavy atom. The number of carbonyl (C=O) groups excluding carboxylic acids is 2. The highest BCUT2D eigenvalue weighted by Crippen LogP contribution is 2.33. The molecule has 2 fully saturated rings. The van der Waals surface area contributed by atoms with Gasteiger partial charge < -0.3 is 15.6 Å². The van der Waals surface area contributed by atoms with Gasteiger partial charge in [-0.2, -0.15) is 0 Å². The average molecular weight is 185 g/mol. The summed E-state index contributed by atoms with van der Waals surface area (Å²) in [5.74, 6) is -3.73. The smallest absolute Gasteiger partial charge is 0.311 e. The highest BCUT2D eigenvalue weighted by molar-refractivity contribution is 6.43. The Morgan fingerprint density at radius 1 is 1.31 bits per heavy atom. The van der Waals surface area contributed by atoms with E-state index < -0.39 is 41.7 Å². The van der Waals surface area contributed by atoms with Gasteiger partial charge in [-0.25, -0.2) is 0 Å². The molecule has 0 saturated carbocycles. The maximum absolute atomic E-state index is 11.0. The molecular weight excluding hydrogens is 178 g/mol. The second-order valence-electron chi connectivity index (χ2n) is 3.15. The lowest BCUT2D eigenvalue weighted by molar-refractivity contribution is -0.148. The Hall–Kier alpha value is -1.27. The van der Waals surface area contributed by atoms with Crippen molar-refractivity contribution >= 4 is 17.5 Å². The van der Waals surface area contributed by atoms with Crippen molar-refractivity contribution in [1.82, 2.24) is 0 Å². The zero-order valence-electron chi connectivity index (χ0n) is 6.47. The van der Waals surface area contributed by atoms with Crippen molar-refractivity contribution in [2.75, 3.05) is 0 Å². The fraction of sp³-hybridized carbons (Fsp3) is 0.571. The first kappa shape index (κ1) is 8.33. The van der Waals surface area contributed by atoms with Crippen molar-refractivity contribution in [3.8, 4) is 0 Å². The molecule has 2 aliphatic heterocycles. The summed E-state index contributed by atoms with van der Waals surface area (Å²) in [5, 5.41) is 8.69. The number of ketones is 2. The number of aliphatic carboxylic acids is 1. The molecule has 0 spiro atoms. The number of carboxylic acids is 1. The molecule has 4 atom stereocenters. The summed E-state index contributed by atoms with van der Waals surface area (Å²) in [5.41, 5.74) is 5.44. The van der Waals surface area contributed by atoms with Gasteiger partial charge in [-0.15, -0.1) is 0 Å². The van der Waals surface area contributed by atoms with E-state index in [2.05, 4.69) is 0 Å². The van der Waals surface area contributed by atoms with Crippen molar-refractivity contribution in [1.29, 1.82) is 0 Å². The Balaban J connectivity index is 2.34. The second-order valence-corrected chi connectivity index (χ2v) is 3.15. The van der Waals surface area contributed by atoms with E-state index in [0.717, 1.165) is 0 Å². The van der Waals surface area contributed by atoms with Crippen LogP contribution in [-0.2, 0) is 19.1 Å². The zero-order chi connectivity index (χ0) is 9.75. The van der Waals surface area contributed by atoms with Crippen LogP contribution in [0.2, 0.25) is 0 Å². The molecule has 2 rings (SSSR count). The molecule has 70 valence electrons. The van der Waals surface area contributed by atoms with E-state index in [1.807, 2.05) is 0 Å². The van der Waals surface area contributed by atoms with Crippen LogP contribution in [0.15, 0.2) is 0 Å². The fourth-order valence-electron chi connectivity index (χ4n) is 1.76. The lowest BCUT2D eigenvalue weighted by Gasteiger charge is -2.18. The number of hydrogen-bond acceptors (Lipinski definition) is 5. The highest BCUT2D eigenvalue weighted by atomic mass is 16.5. The van der Waals surface area contributed by atoms with Gasteiger partial charge in [0.05, 0.1) is 6.04 Å². The third-order valence-electron chi connectivity index (χ3n) is 2.43. The first-order chi connectivity index (χ1) is 6.04. The van der Waals surface area contributed by atoms with E-state index in [1.165, 1.54) is 0 Å². The molecular formula is C7H7NO5. The van der Waals surface area contributed by atoms with Crippen molar-refractivity contribution < 1.29 is 24.2 Å². The molecule has 6 nitrogen and oxygen atoms in total. The van der Waals surface area contributed by atoms with Gasteiger partial charge in [0.1, 0.15) is 18.1 Å². The van der Waals surface area contributed by atoms with Crippen LogP contribution in [0.5, 0.6) is 0 Å². The molecule has 0 aromatic rings. The third kappa shape index (κ3) is 0.866. The predicted octanol–water partition coefficient (Wildman–Crippen LogP) is -2.07. The summed E-state index contributed by atoms with van der Waals surface area (Å²) in [6, 6.07) is -0.896. The number of fused-ring (bicyclic) bond motifs is 2. The summed E-state index contributed by atoms with van der Waals surface area (Å²) < 4.78 is 4.88. The molecule has 2 bridgehead atoms. The summed E-state index contributed by atoms with van der Waals surface area (Å²) in [7, 11) is 0. The van der Waals surface area contributed by atoms with Gasteiger partial charge >= 0.3 is 5.97 Å². The second kappa shape index (κ2) is 2.36. The van der Waals surface area contributed by atoms with Gasteiger partial charge in [-0.05, 0) is 0 Å². The normalized spacial score (nSPS) is 42.8. The van der Waals surface area contributed by atoms with Crippen LogP contribution in [0.4, 0.5) is 0 Å². The number of rotatable bonds is 1. The Bertz CT molecular complexity index is 312. The van der Waals surface area contributed by atoms with Gasteiger partial charge in [-0.1, -0.05) is 0 Å². The highest BCUT2D eigenvalue weighted by Gasteiger charge is 2.60. The van der Waals surface area contributed by atoms with Gasteiger partial charge in [0.25, 0.3) is 0 Å². The Kier molecular flexibility index (Phi) is 1.52.